The molecule has 0 atom stereocenters. The number of amides is 1. The highest BCUT2D eigenvalue weighted by Gasteiger charge is 2.11. The molecule has 0 aliphatic heterocycles. The minimum Gasteiger partial charge on any atom is -0.507 e. The lowest BCUT2D eigenvalue weighted by Gasteiger charge is -2.07. The number of hydrogen-bond acceptors (Lipinski definition) is 3. The highest BCUT2D eigenvalue weighted by Crippen LogP contribution is 2.21. The largest absolute Gasteiger partial charge is 0.507 e. The van der Waals surface area contributed by atoms with Crippen LogP contribution < -0.4 is 5.43 Å². The Balaban J connectivity index is 2.18. The van der Waals surface area contributed by atoms with Gasteiger partial charge in [0.25, 0.3) is 5.91 Å². The lowest BCUT2D eigenvalue weighted by atomic mass is 10.0. The Labute approximate surface area is 138 Å². The molecule has 22 heavy (non-hydrogen) atoms. The van der Waals surface area contributed by atoms with Crippen molar-refractivity contribution >= 4 is 27.5 Å². The van der Waals surface area contributed by atoms with E-state index in [1.54, 1.807) is 12.1 Å². The molecule has 0 aliphatic rings. The molecule has 114 valence electrons. The highest BCUT2D eigenvalue weighted by molar-refractivity contribution is 9.10. The molecule has 0 radical (unpaired) electrons. The van der Waals surface area contributed by atoms with Gasteiger partial charge in [0.05, 0.1) is 11.3 Å². The second kappa shape index (κ2) is 6.75. The van der Waals surface area contributed by atoms with Crippen molar-refractivity contribution in [3.63, 3.8) is 0 Å². The summed E-state index contributed by atoms with van der Waals surface area (Å²) in [5.74, 6) is -0.540. The average Bonchev–Trinajstić information content (AvgIpc) is 2.49. The molecular formula is C17H17BrN2O2. The van der Waals surface area contributed by atoms with Crippen LogP contribution in [0.15, 0.2) is 46.0 Å². The number of carbonyl (C=O) groups excluding carboxylic acids is 1. The average molecular weight is 361 g/mol. The van der Waals surface area contributed by atoms with E-state index in [1.165, 1.54) is 17.2 Å². The Morgan fingerprint density at radius 1 is 1.14 bits per heavy atom. The zero-order valence-corrected chi connectivity index (χ0v) is 14.2. The van der Waals surface area contributed by atoms with Crippen molar-refractivity contribution in [1.82, 2.24) is 5.43 Å². The van der Waals surface area contributed by atoms with Crippen LogP contribution in [0.25, 0.3) is 0 Å². The third-order valence-electron chi connectivity index (χ3n) is 3.45. The number of hydrogen-bond donors (Lipinski definition) is 2. The van der Waals surface area contributed by atoms with Crippen LogP contribution in [-0.4, -0.2) is 16.7 Å². The van der Waals surface area contributed by atoms with Crippen molar-refractivity contribution in [2.24, 2.45) is 5.10 Å². The summed E-state index contributed by atoms with van der Waals surface area (Å²) < 4.78 is 0.713. The number of carbonyl (C=O) groups is 1. The van der Waals surface area contributed by atoms with E-state index in [4.69, 9.17) is 0 Å². The van der Waals surface area contributed by atoms with Crippen LogP contribution in [0.4, 0.5) is 0 Å². The van der Waals surface area contributed by atoms with E-state index in [1.807, 2.05) is 39.0 Å². The molecule has 2 N–H and O–H groups in total. The summed E-state index contributed by atoms with van der Waals surface area (Å²) in [7, 11) is 0. The predicted molar refractivity (Wildman–Crippen MR) is 91.4 cm³/mol. The molecule has 0 fully saturated rings. The number of halogens is 1. The standard InChI is InChI=1S/C17H17BrN2O2/c1-10-4-5-13(8-11(10)2)12(3)19-20-17(22)15-9-14(18)6-7-16(15)21/h4-9,21H,1-3H3,(H,20,22)/b19-12-. The SMILES string of the molecule is C/C(=N/NC(=O)c1cc(Br)ccc1O)c1ccc(C)c(C)c1. The fraction of sp³-hybridized carbons (Fsp3) is 0.176. The molecular weight excluding hydrogens is 344 g/mol. The molecule has 0 unspecified atom stereocenters. The second-order valence-corrected chi connectivity index (χ2v) is 6.01. The number of phenolic OH excluding ortho intramolecular Hbond substituents is 1. The normalized spacial score (nSPS) is 11.4. The van der Waals surface area contributed by atoms with Gasteiger partial charge in [-0.05, 0) is 61.7 Å². The number of benzene rings is 2. The molecule has 0 saturated heterocycles. The van der Waals surface area contributed by atoms with E-state index in [9.17, 15) is 9.90 Å². The van der Waals surface area contributed by atoms with Gasteiger partial charge in [0.1, 0.15) is 5.75 Å². The van der Waals surface area contributed by atoms with E-state index in [2.05, 4.69) is 26.5 Å². The lowest BCUT2D eigenvalue weighted by molar-refractivity contribution is 0.0952. The van der Waals surface area contributed by atoms with Crippen LogP contribution in [-0.2, 0) is 0 Å². The molecule has 0 saturated carbocycles. The zero-order valence-electron chi connectivity index (χ0n) is 12.6. The van der Waals surface area contributed by atoms with Gasteiger partial charge < -0.3 is 5.11 Å². The van der Waals surface area contributed by atoms with Gasteiger partial charge in [-0.1, -0.05) is 28.1 Å². The minimum atomic E-state index is -0.456. The predicted octanol–water partition coefficient (Wildman–Crippen LogP) is 3.93. The fourth-order valence-corrected chi connectivity index (χ4v) is 2.28. The summed E-state index contributed by atoms with van der Waals surface area (Å²) in [5.41, 5.74) is 6.66. The van der Waals surface area contributed by atoms with Gasteiger partial charge in [0, 0.05) is 4.47 Å². The van der Waals surface area contributed by atoms with Gasteiger partial charge in [-0.3, -0.25) is 4.79 Å². The summed E-state index contributed by atoms with van der Waals surface area (Å²) >= 11 is 3.27. The van der Waals surface area contributed by atoms with E-state index >= 15 is 0 Å². The van der Waals surface area contributed by atoms with E-state index < -0.39 is 5.91 Å². The van der Waals surface area contributed by atoms with E-state index in [-0.39, 0.29) is 11.3 Å². The highest BCUT2D eigenvalue weighted by atomic mass is 79.9. The third kappa shape index (κ3) is 3.74. The van der Waals surface area contributed by atoms with Crippen LogP contribution >= 0.6 is 15.9 Å². The Bertz CT molecular complexity index is 754. The zero-order chi connectivity index (χ0) is 16.3. The molecule has 0 spiro atoms. The number of hydrazone groups is 1. The van der Waals surface area contributed by atoms with Crippen molar-refractivity contribution < 1.29 is 9.90 Å². The second-order valence-electron chi connectivity index (χ2n) is 5.10. The van der Waals surface area contributed by atoms with Crippen LogP contribution in [0.2, 0.25) is 0 Å². The summed E-state index contributed by atoms with van der Waals surface area (Å²) in [4.78, 5) is 12.1. The third-order valence-corrected chi connectivity index (χ3v) is 3.95. The maximum atomic E-state index is 12.1. The Morgan fingerprint density at radius 2 is 1.86 bits per heavy atom. The maximum absolute atomic E-state index is 12.1. The molecule has 5 heteroatoms. The molecule has 2 aromatic carbocycles. The van der Waals surface area contributed by atoms with Gasteiger partial charge in [-0.15, -0.1) is 0 Å². The van der Waals surface area contributed by atoms with Gasteiger partial charge in [0.2, 0.25) is 0 Å². The monoisotopic (exact) mass is 360 g/mol. The Kier molecular flexibility index (Phi) is 4.98. The first kappa shape index (κ1) is 16.2. The lowest BCUT2D eigenvalue weighted by Crippen LogP contribution is -2.19. The van der Waals surface area contributed by atoms with Crippen LogP contribution in [0, 0.1) is 13.8 Å². The first-order valence-corrected chi connectivity index (χ1v) is 7.58. The fourth-order valence-electron chi connectivity index (χ4n) is 1.92. The van der Waals surface area contributed by atoms with Crippen LogP contribution in [0.1, 0.15) is 34.0 Å². The molecule has 4 nitrogen and oxygen atoms in total. The first-order valence-electron chi connectivity index (χ1n) is 6.79. The molecule has 0 aromatic heterocycles. The van der Waals surface area contributed by atoms with Gasteiger partial charge in [-0.2, -0.15) is 5.10 Å². The summed E-state index contributed by atoms with van der Waals surface area (Å²) in [6.45, 7) is 5.90. The quantitative estimate of drug-likeness (QED) is 0.643. The van der Waals surface area contributed by atoms with E-state index in [0.29, 0.717) is 10.2 Å². The summed E-state index contributed by atoms with van der Waals surface area (Å²) in [5, 5.41) is 13.8. The molecule has 0 bridgehead atoms. The topological polar surface area (TPSA) is 61.7 Å². The number of rotatable bonds is 3. The van der Waals surface area contributed by atoms with Crippen molar-refractivity contribution in [2.75, 3.05) is 0 Å². The van der Waals surface area contributed by atoms with Crippen LogP contribution in [0.5, 0.6) is 5.75 Å². The van der Waals surface area contributed by atoms with E-state index in [0.717, 1.165) is 5.56 Å². The van der Waals surface area contributed by atoms with Crippen molar-refractivity contribution in [2.45, 2.75) is 20.8 Å². The smallest absolute Gasteiger partial charge is 0.275 e. The number of nitrogens with one attached hydrogen (secondary N) is 1. The summed E-state index contributed by atoms with van der Waals surface area (Å²) in [6.07, 6.45) is 0. The molecule has 2 aromatic rings. The number of nitrogens with zero attached hydrogens (tertiary/aromatic N) is 1. The van der Waals surface area contributed by atoms with Gasteiger partial charge >= 0.3 is 0 Å². The summed E-state index contributed by atoms with van der Waals surface area (Å²) in [6, 6.07) is 10.7. The molecule has 0 heterocycles. The van der Waals surface area contributed by atoms with Crippen molar-refractivity contribution in [3.8, 4) is 5.75 Å². The van der Waals surface area contributed by atoms with Crippen molar-refractivity contribution in [3.05, 3.63) is 63.1 Å². The molecule has 0 aliphatic carbocycles. The number of aryl methyl sites for hydroxylation is 2. The van der Waals surface area contributed by atoms with Crippen LogP contribution in [0.3, 0.4) is 0 Å². The molecule has 2 rings (SSSR count). The minimum absolute atomic E-state index is 0.0836. The first-order chi connectivity index (χ1) is 10.4. The molecule has 1 amide bonds. The van der Waals surface area contributed by atoms with Gasteiger partial charge in [-0.25, -0.2) is 5.43 Å². The van der Waals surface area contributed by atoms with Crippen molar-refractivity contribution in [1.29, 1.82) is 0 Å². The number of phenols is 1. The Hall–Kier alpha value is -2.14. The van der Waals surface area contributed by atoms with Gasteiger partial charge in [0.15, 0.2) is 0 Å². The Morgan fingerprint density at radius 3 is 2.55 bits per heavy atom. The number of aromatic hydroxyl groups is 1. The maximum Gasteiger partial charge on any atom is 0.275 e.